The van der Waals surface area contributed by atoms with Crippen molar-refractivity contribution in [2.24, 2.45) is 5.92 Å². The average molecular weight is 372 g/mol. The summed E-state index contributed by atoms with van der Waals surface area (Å²) < 4.78 is 8.10. The van der Waals surface area contributed by atoms with Gasteiger partial charge in [-0.1, -0.05) is 12.1 Å². The monoisotopic (exact) mass is 372 g/mol. The van der Waals surface area contributed by atoms with E-state index in [1.54, 1.807) is 12.3 Å². The van der Waals surface area contributed by atoms with Crippen molar-refractivity contribution in [1.29, 1.82) is 5.26 Å². The predicted octanol–water partition coefficient (Wildman–Crippen LogP) is 3.69. The van der Waals surface area contributed by atoms with E-state index in [0.717, 1.165) is 37.3 Å². The predicted molar refractivity (Wildman–Crippen MR) is 103 cm³/mol. The molecule has 1 atom stereocenters. The molecule has 3 aromatic rings. The highest BCUT2D eigenvalue weighted by molar-refractivity contribution is 5.79. The van der Waals surface area contributed by atoms with Crippen LogP contribution in [0.25, 0.3) is 22.9 Å². The van der Waals surface area contributed by atoms with Crippen LogP contribution in [0.5, 0.6) is 0 Å². The van der Waals surface area contributed by atoms with Crippen LogP contribution in [0, 0.1) is 17.2 Å². The number of amides is 1. The van der Waals surface area contributed by atoms with Gasteiger partial charge in [0, 0.05) is 49.4 Å². The van der Waals surface area contributed by atoms with Crippen LogP contribution in [0.4, 0.5) is 0 Å². The molecular weight excluding hydrogens is 352 g/mol. The number of carbonyl (C=O) groups is 1. The lowest BCUT2D eigenvalue weighted by atomic mass is 10.1. The van der Waals surface area contributed by atoms with Gasteiger partial charge in [0.2, 0.25) is 5.91 Å². The third kappa shape index (κ3) is 2.99. The number of benzene rings is 1. The smallest absolute Gasteiger partial charge is 0.223 e. The van der Waals surface area contributed by atoms with E-state index in [2.05, 4.69) is 15.6 Å². The standard InChI is InChI=1S/C22H20N4O2/c23-12-16-3-1-2-4-18(16)19-7-8-20(28-19)22-24-9-10-25(22)13-15-11-21(27)26(14-15)17-5-6-17/h1-4,7-10,15,17H,5-6,11,13-14H2. The normalized spacial score (nSPS) is 19.2. The van der Waals surface area contributed by atoms with E-state index in [1.807, 2.05) is 41.4 Å². The van der Waals surface area contributed by atoms with Crippen LogP contribution in [-0.4, -0.2) is 32.9 Å². The lowest BCUT2D eigenvalue weighted by Crippen LogP contribution is -2.27. The van der Waals surface area contributed by atoms with E-state index < -0.39 is 0 Å². The molecule has 1 aliphatic carbocycles. The van der Waals surface area contributed by atoms with E-state index in [4.69, 9.17) is 4.42 Å². The molecule has 1 aromatic carbocycles. The fraction of sp³-hybridized carbons (Fsp3) is 0.318. The number of hydrogen-bond acceptors (Lipinski definition) is 4. The maximum atomic E-state index is 12.2. The van der Waals surface area contributed by atoms with E-state index in [1.165, 1.54) is 0 Å². The Labute approximate surface area is 163 Å². The molecule has 1 amide bonds. The molecule has 2 aliphatic rings. The second kappa shape index (κ2) is 6.68. The van der Waals surface area contributed by atoms with E-state index >= 15 is 0 Å². The molecule has 1 unspecified atom stereocenters. The van der Waals surface area contributed by atoms with Crippen molar-refractivity contribution in [3.05, 3.63) is 54.4 Å². The number of hydrogen-bond donors (Lipinski definition) is 0. The molecule has 2 aromatic heterocycles. The molecule has 0 N–H and O–H groups in total. The summed E-state index contributed by atoms with van der Waals surface area (Å²) in [5.41, 5.74) is 1.35. The number of likely N-dealkylation sites (tertiary alicyclic amines) is 1. The van der Waals surface area contributed by atoms with Crippen molar-refractivity contribution >= 4 is 5.91 Å². The molecule has 28 heavy (non-hydrogen) atoms. The quantitative estimate of drug-likeness (QED) is 0.684. The van der Waals surface area contributed by atoms with Crippen LogP contribution in [0.3, 0.4) is 0 Å². The van der Waals surface area contributed by atoms with Gasteiger partial charge in [0.15, 0.2) is 11.6 Å². The Morgan fingerprint density at radius 2 is 2.00 bits per heavy atom. The molecule has 2 fully saturated rings. The molecular formula is C22H20N4O2. The number of furan rings is 1. The van der Waals surface area contributed by atoms with Crippen molar-refractivity contribution in [1.82, 2.24) is 14.5 Å². The maximum Gasteiger partial charge on any atom is 0.223 e. The van der Waals surface area contributed by atoms with Gasteiger partial charge in [-0.3, -0.25) is 4.79 Å². The Balaban J connectivity index is 1.37. The average Bonchev–Trinajstić information content (AvgIpc) is 3.10. The Bertz CT molecular complexity index is 1070. The van der Waals surface area contributed by atoms with Crippen molar-refractivity contribution in [2.75, 3.05) is 6.54 Å². The SMILES string of the molecule is N#Cc1ccccc1-c1ccc(-c2nccn2CC2CC(=O)N(C3CC3)C2)o1. The molecule has 1 saturated carbocycles. The summed E-state index contributed by atoms with van der Waals surface area (Å²) in [4.78, 5) is 18.7. The molecule has 6 nitrogen and oxygen atoms in total. The topological polar surface area (TPSA) is 75.1 Å². The molecule has 5 rings (SSSR count). The number of imidazole rings is 1. The van der Waals surface area contributed by atoms with E-state index in [0.29, 0.717) is 35.5 Å². The lowest BCUT2D eigenvalue weighted by Gasteiger charge is -2.16. The van der Waals surface area contributed by atoms with Gasteiger partial charge in [-0.15, -0.1) is 0 Å². The fourth-order valence-electron chi connectivity index (χ4n) is 4.03. The second-order valence-corrected chi connectivity index (χ2v) is 7.57. The number of aromatic nitrogens is 2. The second-order valence-electron chi connectivity index (χ2n) is 7.57. The first-order chi connectivity index (χ1) is 13.7. The lowest BCUT2D eigenvalue weighted by molar-refractivity contribution is -0.128. The minimum absolute atomic E-state index is 0.280. The highest BCUT2D eigenvalue weighted by Gasteiger charge is 2.39. The first-order valence-corrected chi connectivity index (χ1v) is 9.63. The zero-order chi connectivity index (χ0) is 19.1. The van der Waals surface area contributed by atoms with Crippen LogP contribution < -0.4 is 0 Å². The summed E-state index contributed by atoms with van der Waals surface area (Å²) >= 11 is 0. The minimum atomic E-state index is 0.280. The zero-order valence-corrected chi connectivity index (χ0v) is 15.4. The van der Waals surface area contributed by atoms with Gasteiger partial charge in [-0.25, -0.2) is 4.98 Å². The van der Waals surface area contributed by atoms with E-state index in [-0.39, 0.29) is 5.91 Å². The van der Waals surface area contributed by atoms with Crippen LogP contribution in [0.1, 0.15) is 24.8 Å². The van der Waals surface area contributed by atoms with Crippen molar-refractivity contribution in [3.63, 3.8) is 0 Å². The van der Waals surface area contributed by atoms with Crippen molar-refractivity contribution < 1.29 is 9.21 Å². The third-order valence-corrected chi connectivity index (χ3v) is 5.54. The van der Waals surface area contributed by atoms with Gasteiger partial charge >= 0.3 is 0 Å². The van der Waals surface area contributed by atoms with E-state index in [9.17, 15) is 10.1 Å². The Kier molecular flexibility index (Phi) is 4.01. The Morgan fingerprint density at radius 3 is 2.82 bits per heavy atom. The van der Waals surface area contributed by atoms with Gasteiger partial charge in [0.1, 0.15) is 5.76 Å². The number of nitrogens with zero attached hydrogens (tertiary/aromatic N) is 4. The highest BCUT2D eigenvalue weighted by atomic mass is 16.3. The maximum absolute atomic E-state index is 12.2. The first-order valence-electron chi connectivity index (χ1n) is 9.63. The number of rotatable bonds is 5. The van der Waals surface area contributed by atoms with Gasteiger partial charge in [0.25, 0.3) is 0 Å². The molecule has 0 bridgehead atoms. The summed E-state index contributed by atoms with van der Waals surface area (Å²) in [5, 5.41) is 9.32. The fourth-order valence-corrected chi connectivity index (χ4v) is 4.03. The van der Waals surface area contributed by atoms with Gasteiger partial charge in [0.05, 0.1) is 11.6 Å². The molecule has 0 radical (unpaired) electrons. The summed E-state index contributed by atoms with van der Waals surface area (Å²) in [6.07, 6.45) is 6.59. The Morgan fingerprint density at radius 1 is 1.18 bits per heavy atom. The Hall–Kier alpha value is -3.33. The van der Waals surface area contributed by atoms with Crippen molar-refractivity contribution in [2.45, 2.75) is 31.8 Å². The molecule has 1 saturated heterocycles. The van der Waals surface area contributed by atoms with Crippen LogP contribution >= 0.6 is 0 Å². The zero-order valence-electron chi connectivity index (χ0n) is 15.4. The molecule has 3 heterocycles. The summed E-state index contributed by atoms with van der Waals surface area (Å²) in [7, 11) is 0. The number of carbonyl (C=O) groups excluding carboxylic acids is 1. The summed E-state index contributed by atoms with van der Waals surface area (Å²) in [6.45, 7) is 1.58. The molecule has 140 valence electrons. The van der Waals surface area contributed by atoms with Crippen LogP contribution in [0.15, 0.2) is 53.2 Å². The van der Waals surface area contributed by atoms with Crippen LogP contribution in [0.2, 0.25) is 0 Å². The van der Waals surface area contributed by atoms with Gasteiger partial charge in [-0.05, 0) is 37.1 Å². The molecule has 6 heteroatoms. The summed E-state index contributed by atoms with van der Waals surface area (Å²) in [6, 6.07) is 13.8. The third-order valence-electron chi connectivity index (χ3n) is 5.54. The first kappa shape index (κ1) is 16.8. The largest absolute Gasteiger partial charge is 0.453 e. The van der Waals surface area contributed by atoms with Gasteiger partial charge < -0.3 is 13.9 Å². The van der Waals surface area contributed by atoms with Gasteiger partial charge in [-0.2, -0.15) is 5.26 Å². The molecule has 1 aliphatic heterocycles. The van der Waals surface area contributed by atoms with Crippen LogP contribution in [-0.2, 0) is 11.3 Å². The highest BCUT2D eigenvalue weighted by Crippen LogP contribution is 2.34. The minimum Gasteiger partial charge on any atom is -0.453 e. The summed E-state index contributed by atoms with van der Waals surface area (Å²) in [5.74, 6) is 2.64. The number of nitriles is 1. The molecule has 0 spiro atoms. The van der Waals surface area contributed by atoms with Crippen molar-refractivity contribution in [3.8, 4) is 29.0 Å².